The van der Waals surface area contributed by atoms with Crippen LogP contribution in [0.25, 0.3) is 0 Å². The van der Waals surface area contributed by atoms with E-state index in [0.29, 0.717) is 0 Å². The third-order valence-electron chi connectivity index (χ3n) is 2.84. The van der Waals surface area contributed by atoms with Crippen LogP contribution in [0.3, 0.4) is 0 Å². The third kappa shape index (κ3) is 1.53. The van der Waals surface area contributed by atoms with Crippen LogP contribution < -0.4 is 4.90 Å². The SMILES string of the molecule is c1nc(C2CC2)c(N2CCOCC2)s1. The summed E-state index contributed by atoms with van der Waals surface area (Å²) in [6.07, 6.45) is 2.67. The van der Waals surface area contributed by atoms with E-state index in [-0.39, 0.29) is 0 Å². The number of anilines is 1. The minimum Gasteiger partial charge on any atom is -0.378 e. The minimum absolute atomic E-state index is 0.763. The van der Waals surface area contributed by atoms with Gasteiger partial charge in [0.05, 0.1) is 24.4 Å². The van der Waals surface area contributed by atoms with Crippen molar-refractivity contribution in [2.45, 2.75) is 18.8 Å². The normalized spacial score (nSPS) is 22.7. The molecule has 2 fully saturated rings. The lowest BCUT2D eigenvalue weighted by Gasteiger charge is -2.28. The van der Waals surface area contributed by atoms with E-state index in [1.807, 2.05) is 5.51 Å². The number of aromatic nitrogens is 1. The summed E-state index contributed by atoms with van der Waals surface area (Å²) >= 11 is 1.78. The van der Waals surface area contributed by atoms with Crippen molar-refractivity contribution >= 4 is 16.3 Å². The Balaban J connectivity index is 1.82. The summed E-state index contributed by atoms with van der Waals surface area (Å²) in [6, 6.07) is 0. The molecule has 0 radical (unpaired) electrons. The average molecular weight is 210 g/mol. The molecule has 2 aliphatic rings. The smallest absolute Gasteiger partial charge is 0.115 e. The monoisotopic (exact) mass is 210 g/mol. The van der Waals surface area contributed by atoms with Crippen LogP contribution in [-0.4, -0.2) is 31.3 Å². The summed E-state index contributed by atoms with van der Waals surface area (Å²) in [4.78, 5) is 6.91. The molecule has 2 heterocycles. The molecule has 0 amide bonds. The summed E-state index contributed by atoms with van der Waals surface area (Å²) in [6.45, 7) is 3.79. The highest BCUT2D eigenvalue weighted by molar-refractivity contribution is 7.14. The first-order valence-corrected chi connectivity index (χ1v) is 6.09. The van der Waals surface area contributed by atoms with E-state index in [9.17, 15) is 0 Å². The molecule has 1 aliphatic carbocycles. The highest BCUT2D eigenvalue weighted by Crippen LogP contribution is 2.45. The first kappa shape index (κ1) is 8.68. The third-order valence-corrected chi connectivity index (χ3v) is 3.74. The van der Waals surface area contributed by atoms with E-state index < -0.39 is 0 Å². The molecule has 0 bridgehead atoms. The van der Waals surface area contributed by atoms with Crippen molar-refractivity contribution in [3.8, 4) is 0 Å². The zero-order chi connectivity index (χ0) is 9.38. The van der Waals surface area contributed by atoms with Crippen molar-refractivity contribution < 1.29 is 4.74 Å². The molecule has 0 atom stereocenters. The maximum atomic E-state index is 5.36. The highest BCUT2D eigenvalue weighted by Gasteiger charge is 2.30. The maximum absolute atomic E-state index is 5.36. The Kier molecular flexibility index (Phi) is 2.18. The van der Waals surface area contributed by atoms with Crippen molar-refractivity contribution in [3.05, 3.63) is 11.2 Å². The van der Waals surface area contributed by atoms with Crippen molar-refractivity contribution in [2.24, 2.45) is 0 Å². The van der Waals surface area contributed by atoms with Gasteiger partial charge >= 0.3 is 0 Å². The molecule has 1 aromatic rings. The number of hydrogen-bond donors (Lipinski definition) is 0. The lowest BCUT2D eigenvalue weighted by Crippen LogP contribution is -2.36. The molecule has 76 valence electrons. The number of morpholine rings is 1. The van der Waals surface area contributed by atoms with Crippen LogP contribution in [0.5, 0.6) is 0 Å². The van der Waals surface area contributed by atoms with Gasteiger partial charge in [-0.05, 0) is 12.8 Å². The molecule has 1 saturated heterocycles. The topological polar surface area (TPSA) is 25.4 Å². The van der Waals surface area contributed by atoms with Gasteiger partial charge in [-0.25, -0.2) is 4.98 Å². The van der Waals surface area contributed by atoms with Crippen LogP contribution in [0.1, 0.15) is 24.5 Å². The molecular formula is C10H14N2OS. The van der Waals surface area contributed by atoms with Gasteiger partial charge in [-0.15, -0.1) is 11.3 Å². The quantitative estimate of drug-likeness (QED) is 0.745. The first-order chi connectivity index (χ1) is 6.95. The minimum atomic E-state index is 0.763. The number of nitrogens with zero attached hydrogens (tertiary/aromatic N) is 2. The van der Waals surface area contributed by atoms with Gasteiger partial charge in [0.2, 0.25) is 0 Å². The predicted octanol–water partition coefficient (Wildman–Crippen LogP) is 1.86. The molecule has 0 unspecified atom stereocenters. The number of rotatable bonds is 2. The molecule has 0 N–H and O–H groups in total. The first-order valence-electron chi connectivity index (χ1n) is 5.21. The van der Waals surface area contributed by atoms with E-state index in [0.717, 1.165) is 32.2 Å². The second kappa shape index (κ2) is 3.51. The fourth-order valence-electron chi connectivity index (χ4n) is 1.89. The van der Waals surface area contributed by atoms with Crippen molar-refractivity contribution in [1.82, 2.24) is 4.98 Å². The maximum Gasteiger partial charge on any atom is 0.115 e. The molecular weight excluding hydrogens is 196 g/mol. The van der Waals surface area contributed by atoms with Gasteiger partial charge in [-0.1, -0.05) is 0 Å². The van der Waals surface area contributed by atoms with Crippen molar-refractivity contribution in [3.63, 3.8) is 0 Å². The zero-order valence-corrected chi connectivity index (χ0v) is 8.92. The molecule has 3 rings (SSSR count). The van der Waals surface area contributed by atoms with E-state index in [4.69, 9.17) is 4.74 Å². The Bertz CT molecular complexity index is 316. The van der Waals surface area contributed by atoms with Gasteiger partial charge in [-0.2, -0.15) is 0 Å². The summed E-state index contributed by atoms with van der Waals surface area (Å²) in [5.41, 5.74) is 3.33. The van der Waals surface area contributed by atoms with Gasteiger partial charge in [0.1, 0.15) is 5.00 Å². The summed E-state index contributed by atoms with van der Waals surface area (Å²) in [7, 11) is 0. The van der Waals surface area contributed by atoms with Crippen LogP contribution in [-0.2, 0) is 4.74 Å². The van der Waals surface area contributed by atoms with E-state index in [2.05, 4.69) is 9.88 Å². The van der Waals surface area contributed by atoms with Crippen molar-refractivity contribution in [2.75, 3.05) is 31.2 Å². The van der Waals surface area contributed by atoms with Crippen LogP contribution >= 0.6 is 11.3 Å². The standard InChI is InChI=1S/C10H14N2OS/c1-2-8(1)9-10(14-7-11-9)12-3-5-13-6-4-12/h7-8H,1-6H2. The second-order valence-electron chi connectivity index (χ2n) is 3.92. The molecule has 4 heteroatoms. The van der Waals surface area contributed by atoms with Gasteiger partial charge < -0.3 is 9.64 Å². The summed E-state index contributed by atoms with van der Waals surface area (Å²) in [5.74, 6) is 0.763. The molecule has 1 aromatic heterocycles. The van der Waals surface area contributed by atoms with Crippen LogP contribution in [0.15, 0.2) is 5.51 Å². The predicted molar refractivity (Wildman–Crippen MR) is 57.1 cm³/mol. The lowest BCUT2D eigenvalue weighted by molar-refractivity contribution is 0.123. The Morgan fingerprint density at radius 3 is 2.86 bits per heavy atom. The Labute approximate surface area is 87.7 Å². The molecule has 0 aromatic carbocycles. The molecule has 0 spiro atoms. The highest BCUT2D eigenvalue weighted by atomic mass is 32.1. The second-order valence-corrected chi connectivity index (χ2v) is 4.75. The molecule has 1 aliphatic heterocycles. The summed E-state index contributed by atoms with van der Waals surface area (Å²) in [5, 5.41) is 1.40. The Morgan fingerprint density at radius 1 is 1.36 bits per heavy atom. The van der Waals surface area contributed by atoms with Gasteiger partial charge in [0.15, 0.2) is 0 Å². The Hall–Kier alpha value is -0.610. The summed E-state index contributed by atoms with van der Waals surface area (Å²) < 4.78 is 5.36. The number of thiazole rings is 1. The molecule has 1 saturated carbocycles. The fourth-order valence-corrected chi connectivity index (χ4v) is 2.83. The van der Waals surface area contributed by atoms with E-state index in [1.165, 1.54) is 23.5 Å². The van der Waals surface area contributed by atoms with Crippen LogP contribution in [0.2, 0.25) is 0 Å². The fraction of sp³-hybridized carbons (Fsp3) is 0.700. The van der Waals surface area contributed by atoms with Crippen LogP contribution in [0.4, 0.5) is 5.00 Å². The average Bonchev–Trinajstić information content (AvgIpc) is 2.98. The molecule has 3 nitrogen and oxygen atoms in total. The van der Waals surface area contributed by atoms with Crippen LogP contribution in [0, 0.1) is 0 Å². The van der Waals surface area contributed by atoms with Crippen molar-refractivity contribution in [1.29, 1.82) is 0 Å². The molecule has 14 heavy (non-hydrogen) atoms. The van der Waals surface area contributed by atoms with Gasteiger partial charge in [-0.3, -0.25) is 0 Å². The van der Waals surface area contributed by atoms with Gasteiger partial charge in [0, 0.05) is 19.0 Å². The Morgan fingerprint density at radius 2 is 2.14 bits per heavy atom. The largest absolute Gasteiger partial charge is 0.378 e. The van der Waals surface area contributed by atoms with Gasteiger partial charge in [0.25, 0.3) is 0 Å². The number of hydrogen-bond acceptors (Lipinski definition) is 4. The lowest BCUT2D eigenvalue weighted by atomic mass is 10.3. The van der Waals surface area contributed by atoms with E-state index in [1.54, 1.807) is 11.3 Å². The van der Waals surface area contributed by atoms with E-state index >= 15 is 0 Å². The zero-order valence-electron chi connectivity index (χ0n) is 8.11. The number of ether oxygens (including phenoxy) is 1.